The van der Waals surface area contributed by atoms with Crippen molar-refractivity contribution < 1.29 is 27.9 Å². The van der Waals surface area contributed by atoms with Crippen molar-refractivity contribution in [2.75, 3.05) is 12.3 Å². The Kier molecular flexibility index (Phi) is 10.2. The number of Topliss-reactive ketones (excluding diaryl/α,β-unsaturated/α-hetero) is 2. The summed E-state index contributed by atoms with van der Waals surface area (Å²) >= 11 is 1.66. The van der Waals surface area contributed by atoms with Gasteiger partial charge in [0.25, 0.3) is 0 Å². The van der Waals surface area contributed by atoms with E-state index in [1.165, 1.54) is 0 Å². The van der Waals surface area contributed by atoms with Crippen LogP contribution in [0.25, 0.3) is 21.9 Å². The molecule has 230 valence electrons. The summed E-state index contributed by atoms with van der Waals surface area (Å²) in [5.74, 6) is 3.10. The predicted octanol–water partition coefficient (Wildman–Crippen LogP) is 7.59. The molecule has 5 rings (SSSR count). The Morgan fingerprint density at radius 1 is 0.907 bits per heavy atom. The van der Waals surface area contributed by atoms with Gasteiger partial charge in [-0.2, -0.15) is 0 Å². The number of rotatable bonds is 16. The Balaban J connectivity index is 0.990. The molecule has 2 aromatic heterocycles. The molecule has 0 spiro atoms. The number of carbonyl (C=O) groups is 2. The van der Waals surface area contributed by atoms with Crippen LogP contribution in [-0.2, 0) is 0 Å². The molecule has 0 bridgehead atoms. The van der Waals surface area contributed by atoms with Crippen LogP contribution < -0.4 is 19.5 Å². The summed E-state index contributed by atoms with van der Waals surface area (Å²) in [5, 5.41) is 5.12. The quantitative estimate of drug-likeness (QED) is 0.0758. The van der Waals surface area contributed by atoms with Crippen LogP contribution in [0, 0.1) is 5.92 Å². The Bertz CT molecular complexity index is 1550. The topological polar surface area (TPSA) is 103 Å². The van der Waals surface area contributed by atoms with Crippen molar-refractivity contribution in [1.82, 2.24) is 10.0 Å². The third-order valence-corrected chi connectivity index (χ3v) is 8.46. The number of ether oxygens (including phenoxy) is 2. The summed E-state index contributed by atoms with van der Waals surface area (Å²) in [6.07, 6.45) is 3.23. The number of furan rings is 2. The average Bonchev–Trinajstić information content (AvgIpc) is 3.57. The van der Waals surface area contributed by atoms with Gasteiger partial charge in [-0.05, 0) is 61.9 Å². The summed E-state index contributed by atoms with van der Waals surface area (Å²) in [6, 6.07) is 15.8. The molecule has 8 nitrogen and oxygen atoms in total. The molecule has 9 heteroatoms. The largest absolute Gasteiger partial charge is 0.490 e. The molecule has 0 amide bonds. The summed E-state index contributed by atoms with van der Waals surface area (Å²) in [5.41, 5.74) is 1.39. The van der Waals surface area contributed by atoms with E-state index in [1.807, 2.05) is 63.2 Å². The van der Waals surface area contributed by atoms with Crippen LogP contribution >= 0.6 is 11.9 Å². The summed E-state index contributed by atoms with van der Waals surface area (Å²) < 4.78 is 27.2. The highest BCUT2D eigenvalue weighted by Crippen LogP contribution is 2.31. The van der Waals surface area contributed by atoms with Gasteiger partial charge in [0.1, 0.15) is 34.9 Å². The molecule has 0 aliphatic heterocycles. The first kappa shape index (κ1) is 31.2. The second-order valence-corrected chi connectivity index (χ2v) is 13.0. The zero-order valence-corrected chi connectivity index (χ0v) is 26.4. The molecule has 4 aromatic rings. The van der Waals surface area contributed by atoms with E-state index in [0.29, 0.717) is 41.2 Å². The molecule has 0 saturated heterocycles. The van der Waals surface area contributed by atoms with Crippen LogP contribution in [0.15, 0.2) is 57.4 Å². The molecule has 0 unspecified atom stereocenters. The molecule has 1 saturated carbocycles. The zero-order valence-electron chi connectivity index (χ0n) is 25.6. The highest BCUT2D eigenvalue weighted by molar-refractivity contribution is 7.97. The van der Waals surface area contributed by atoms with Gasteiger partial charge < -0.3 is 23.6 Å². The Hall–Kier alpha value is -3.27. The van der Waals surface area contributed by atoms with Crippen LogP contribution in [0.5, 0.6) is 11.5 Å². The van der Waals surface area contributed by atoms with Crippen LogP contribution in [0.4, 0.5) is 0 Å². The maximum Gasteiger partial charge on any atom is 0.200 e. The molecular formula is C34H42N2O6S. The molecule has 2 aromatic carbocycles. The molecule has 1 atom stereocenters. The number of benzene rings is 2. The maximum absolute atomic E-state index is 12.8. The Morgan fingerprint density at radius 3 is 2.26 bits per heavy atom. The second kappa shape index (κ2) is 14.0. The number of fused-ring (bicyclic) bond motifs is 2. The van der Waals surface area contributed by atoms with E-state index in [-0.39, 0.29) is 29.7 Å². The van der Waals surface area contributed by atoms with Crippen molar-refractivity contribution >= 4 is 45.5 Å². The zero-order chi connectivity index (χ0) is 30.5. The fraction of sp³-hybridized carbons (Fsp3) is 0.471. The fourth-order valence-electron chi connectivity index (χ4n) is 4.96. The van der Waals surface area contributed by atoms with Crippen molar-refractivity contribution in [2.24, 2.45) is 5.92 Å². The van der Waals surface area contributed by atoms with Crippen LogP contribution in [0.1, 0.15) is 81.4 Å². The lowest BCUT2D eigenvalue weighted by Crippen LogP contribution is -2.44. The monoisotopic (exact) mass is 606 g/mol. The molecule has 0 radical (unpaired) electrons. The number of hydrogen-bond acceptors (Lipinski definition) is 9. The molecule has 43 heavy (non-hydrogen) atoms. The van der Waals surface area contributed by atoms with Gasteiger partial charge >= 0.3 is 0 Å². The number of nitrogens with one attached hydrogen (secondary N) is 2. The number of carbonyl (C=O) groups excluding carboxylic acids is 2. The Labute approximate surface area is 257 Å². The predicted molar refractivity (Wildman–Crippen MR) is 171 cm³/mol. The smallest absolute Gasteiger partial charge is 0.200 e. The maximum atomic E-state index is 12.8. The fourth-order valence-corrected chi connectivity index (χ4v) is 5.80. The highest BCUT2D eigenvalue weighted by Gasteiger charge is 2.31. The lowest BCUT2D eigenvalue weighted by atomic mass is 9.90. The molecule has 1 aliphatic rings. The average molecular weight is 607 g/mol. The normalized spacial score (nSPS) is 17.5. The van der Waals surface area contributed by atoms with Crippen LogP contribution in [0.2, 0.25) is 0 Å². The van der Waals surface area contributed by atoms with Gasteiger partial charge in [0, 0.05) is 60.3 Å². The van der Waals surface area contributed by atoms with E-state index in [1.54, 1.807) is 18.0 Å². The van der Waals surface area contributed by atoms with Gasteiger partial charge in [0.15, 0.2) is 17.3 Å². The van der Waals surface area contributed by atoms with Crippen LogP contribution in [-0.4, -0.2) is 48.2 Å². The van der Waals surface area contributed by atoms with E-state index in [0.717, 1.165) is 53.8 Å². The van der Waals surface area contributed by atoms with Gasteiger partial charge in [-0.25, -0.2) is 0 Å². The summed E-state index contributed by atoms with van der Waals surface area (Å²) in [6.45, 7) is 10.7. The van der Waals surface area contributed by atoms with Crippen molar-refractivity contribution in [3.63, 3.8) is 0 Å². The van der Waals surface area contributed by atoms with Gasteiger partial charge in [-0.3, -0.25) is 14.3 Å². The Morgan fingerprint density at radius 2 is 1.56 bits per heavy atom. The first-order chi connectivity index (χ1) is 20.6. The third kappa shape index (κ3) is 8.22. The summed E-state index contributed by atoms with van der Waals surface area (Å²) in [4.78, 5) is 25.0. The molecule has 1 fully saturated rings. The lowest BCUT2D eigenvalue weighted by Gasteiger charge is -2.35. The third-order valence-electron chi connectivity index (χ3n) is 7.47. The number of ketones is 2. The van der Waals surface area contributed by atoms with Crippen molar-refractivity contribution in [1.29, 1.82) is 0 Å². The van der Waals surface area contributed by atoms with E-state index in [2.05, 4.69) is 23.9 Å². The van der Waals surface area contributed by atoms with Gasteiger partial charge in [0.05, 0.1) is 0 Å². The van der Waals surface area contributed by atoms with Gasteiger partial charge in [-0.1, -0.05) is 39.6 Å². The molecule has 2 N–H and O–H groups in total. The minimum Gasteiger partial charge on any atom is -0.490 e. The van der Waals surface area contributed by atoms with E-state index in [9.17, 15) is 9.59 Å². The van der Waals surface area contributed by atoms with Crippen molar-refractivity contribution in [3.8, 4) is 11.5 Å². The van der Waals surface area contributed by atoms with Gasteiger partial charge in [0.2, 0.25) is 5.78 Å². The van der Waals surface area contributed by atoms with Crippen LogP contribution in [0.3, 0.4) is 0 Å². The first-order valence-electron chi connectivity index (χ1n) is 15.2. The SMILES string of the molecule is CC(C)NC[C@@H](C)Oc1ccc2oc(C(=O)CCCSNC3CC(Oc4ccc5oc(C(=O)C(C)C)cc5c4)C3)cc2c1. The number of hydrogen-bond donors (Lipinski definition) is 2. The molecule has 2 heterocycles. The van der Waals surface area contributed by atoms with E-state index >= 15 is 0 Å². The standard InChI is InChI=1S/C34H42N2O6S/c1-20(2)34(38)33-16-24-14-27(9-11-31(24)42-33)40-28-17-25(18-28)36-43-12-6-7-29(37)32-15-23-13-26(8-10-30(23)41-32)39-22(5)19-35-21(3)4/h8-11,13-16,20-22,25,28,35-36H,6-7,12,17-19H2,1-5H3/t22-,25?,28?/m1/s1. The minimum atomic E-state index is -0.105. The van der Waals surface area contributed by atoms with Crippen molar-refractivity contribution in [2.45, 2.75) is 84.6 Å². The highest BCUT2D eigenvalue weighted by atomic mass is 32.2. The minimum absolute atomic E-state index is 0.00293. The van der Waals surface area contributed by atoms with E-state index in [4.69, 9.17) is 18.3 Å². The molecule has 1 aliphatic carbocycles. The summed E-state index contributed by atoms with van der Waals surface area (Å²) in [7, 11) is 0. The molecular weight excluding hydrogens is 564 g/mol. The second-order valence-electron chi connectivity index (χ2n) is 12.0. The first-order valence-corrected chi connectivity index (χ1v) is 16.2. The van der Waals surface area contributed by atoms with Gasteiger partial charge in [-0.15, -0.1) is 0 Å². The lowest BCUT2D eigenvalue weighted by molar-refractivity contribution is 0.0912. The van der Waals surface area contributed by atoms with Crippen molar-refractivity contribution in [3.05, 3.63) is 60.1 Å². The van der Waals surface area contributed by atoms with E-state index < -0.39 is 0 Å².